The summed E-state index contributed by atoms with van der Waals surface area (Å²) in [6, 6.07) is 0. The third-order valence-electron chi connectivity index (χ3n) is 2.26. The Morgan fingerprint density at radius 2 is 1.04 bits per heavy atom. The molecule has 142 valence electrons. The van der Waals surface area contributed by atoms with Crippen LogP contribution in [0.2, 0.25) is 0 Å². The lowest BCUT2D eigenvalue weighted by Gasteiger charge is -2.37. The minimum atomic E-state index is -7.52. The molecule has 4 nitrogen and oxygen atoms in total. The lowest BCUT2D eigenvalue weighted by molar-refractivity contribution is -0.351. The highest BCUT2D eigenvalue weighted by Crippen LogP contribution is 2.55. The van der Waals surface area contributed by atoms with Crippen molar-refractivity contribution >= 4 is 10.1 Å². The van der Waals surface area contributed by atoms with Gasteiger partial charge in [0, 0.05) is 12.8 Å². The maximum absolute atomic E-state index is 12.8. The van der Waals surface area contributed by atoms with Gasteiger partial charge < -0.3 is 10.7 Å². The quantitative estimate of drug-likeness (QED) is 0.548. The predicted molar refractivity (Wildman–Crippen MR) is 50.8 cm³/mol. The SMILES string of the molecule is O=S(=O)([O-])C(F)(F)C(F)(F)C(F)(F)C(F)(F)CCC(F)(F)F.[NH4+]. The van der Waals surface area contributed by atoms with E-state index in [0.29, 0.717) is 0 Å². The Morgan fingerprint density at radius 1 is 0.696 bits per heavy atom. The third kappa shape index (κ3) is 4.34. The first-order valence-electron chi connectivity index (χ1n) is 4.74. The molecule has 0 aliphatic carbocycles. The van der Waals surface area contributed by atoms with Crippen LogP contribution in [-0.2, 0) is 10.1 Å². The molecular formula is C7H8F11NO3S. The molecule has 16 heteroatoms. The Kier molecular flexibility index (Phi) is 6.56. The molecule has 0 bridgehead atoms. The predicted octanol–water partition coefficient (Wildman–Crippen LogP) is 3.75. The molecule has 0 fully saturated rings. The average Bonchev–Trinajstić information content (AvgIpc) is 2.23. The van der Waals surface area contributed by atoms with Crippen LogP contribution in [0.1, 0.15) is 12.8 Å². The van der Waals surface area contributed by atoms with Gasteiger partial charge in [0.2, 0.25) is 0 Å². The first kappa shape index (κ1) is 24.4. The van der Waals surface area contributed by atoms with Crippen LogP contribution in [-0.4, -0.2) is 42.2 Å². The summed E-state index contributed by atoms with van der Waals surface area (Å²) in [6.45, 7) is 0. The maximum atomic E-state index is 12.8. The number of halogens is 11. The van der Waals surface area contributed by atoms with Gasteiger partial charge in [-0.15, -0.1) is 0 Å². The summed E-state index contributed by atoms with van der Waals surface area (Å²) in [6.07, 6.45) is -11.3. The molecule has 0 unspecified atom stereocenters. The van der Waals surface area contributed by atoms with Crippen molar-refractivity contribution in [2.24, 2.45) is 0 Å². The van der Waals surface area contributed by atoms with Crippen molar-refractivity contribution in [2.45, 2.75) is 42.0 Å². The van der Waals surface area contributed by atoms with Crippen LogP contribution in [0.4, 0.5) is 48.3 Å². The number of hydrogen-bond donors (Lipinski definition) is 1. The zero-order valence-corrected chi connectivity index (χ0v) is 11.5. The first-order valence-corrected chi connectivity index (χ1v) is 6.15. The van der Waals surface area contributed by atoms with Gasteiger partial charge in [-0.3, -0.25) is 0 Å². The van der Waals surface area contributed by atoms with Gasteiger partial charge in [0.25, 0.3) is 0 Å². The molecule has 0 aliphatic heterocycles. The normalized spacial score (nSPS) is 15.3. The summed E-state index contributed by atoms with van der Waals surface area (Å²) in [7, 11) is -7.52. The summed E-state index contributed by atoms with van der Waals surface area (Å²) in [5.41, 5.74) is 0. The zero-order valence-electron chi connectivity index (χ0n) is 10.7. The van der Waals surface area contributed by atoms with Gasteiger partial charge in [0.15, 0.2) is 10.1 Å². The van der Waals surface area contributed by atoms with E-state index in [1.54, 1.807) is 0 Å². The van der Waals surface area contributed by atoms with Gasteiger partial charge in [-0.1, -0.05) is 0 Å². The highest BCUT2D eigenvalue weighted by atomic mass is 32.2. The monoisotopic (exact) mass is 395 g/mol. The van der Waals surface area contributed by atoms with Crippen LogP contribution >= 0.6 is 0 Å². The molecule has 0 amide bonds. The van der Waals surface area contributed by atoms with E-state index in [1.165, 1.54) is 0 Å². The molecule has 0 aliphatic rings. The van der Waals surface area contributed by atoms with Crippen LogP contribution in [0, 0.1) is 0 Å². The second-order valence-corrected chi connectivity index (χ2v) is 5.36. The van der Waals surface area contributed by atoms with Gasteiger partial charge in [-0.25, -0.2) is 8.42 Å². The van der Waals surface area contributed by atoms with Crippen molar-refractivity contribution in [3.05, 3.63) is 0 Å². The first-order chi connectivity index (χ1) is 9.21. The van der Waals surface area contributed by atoms with Crippen LogP contribution in [0.3, 0.4) is 0 Å². The van der Waals surface area contributed by atoms with Crippen LogP contribution in [0.5, 0.6) is 0 Å². The topological polar surface area (TPSA) is 93.7 Å². The maximum Gasteiger partial charge on any atom is 0.402 e. The molecule has 0 rings (SSSR count). The van der Waals surface area contributed by atoms with E-state index >= 15 is 0 Å². The Balaban J connectivity index is 0. The van der Waals surface area contributed by atoms with Crippen LogP contribution in [0.15, 0.2) is 0 Å². The second-order valence-electron chi connectivity index (χ2n) is 3.94. The highest BCUT2D eigenvalue weighted by molar-refractivity contribution is 7.86. The Morgan fingerprint density at radius 3 is 1.30 bits per heavy atom. The second kappa shape index (κ2) is 6.19. The molecule has 23 heavy (non-hydrogen) atoms. The largest absolute Gasteiger partial charge is 0.743 e. The molecule has 0 aromatic carbocycles. The van der Waals surface area contributed by atoms with E-state index in [4.69, 9.17) is 0 Å². The van der Waals surface area contributed by atoms with E-state index < -0.39 is 52.2 Å². The molecule has 0 radical (unpaired) electrons. The summed E-state index contributed by atoms with van der Waals surface area (Å²) < 4.78 is 166. The van der Waals surface area contributed by atoms with Crippen molar-refractivity contribution in [2.75, 3.05) is 0 Å². The number of rotatable bonds is 6. The van der Waals surface area contributed by atoms with Crippen molar-refractivity contribution < 1.29 is 61.3 Å². The molecule has 0 spiro atoms. The third-order valence-corrected chi connectivity index (χ3v) is 3.14. The van der Waals surface area contributed by atoms with Crippen molar-refractivity contribution in [1.82, 2.24) is 6.15 Å². The van der Waals surface area contributed by atoms with Crippen LogP contribution < -0.4 is 6.15 Å². The van der Waals surface area contributed by atoms with E-state index in [1.807, 2.05) is 0 Å². The fourth-order valence-electron chi connectivity index (χ4n) is 1.03. The number of alkyl halides is 11. The lowest BCUT2D eigenvalue weighted by atomic mass is 10.00. The smallest absolute Gasteiger partial charge is 0.402 e. The summed E-state index contributed by atoms with van der Waals surface area (Å²) in [5.74, 6) is -21.1. The van der Waals surface area contributed by atoms with Crippen molar-refractivity contribution in [3.8, 4) is 0 Å². The Bertz CT molecular complexity index is 512. The van der Waals surface area contributed by atoms with E-state index in [2.05, 4.69) is 0 Å². The van der Waals surface area contributed by atoms with Gasteiger partial charge >= 0.3 is 29.2 Å². The molecule has 0 saturated carbocycles. The highest BCUT2D eigenvalue weighted by Gasteiger charge is 2.82. The van der Waals surface area contributed by atoms with Crippen molar-refractivity contribution in [3.63, 3.8) is 0 Å². The van der Waals surface area contributed by atoms with Crippen LogP contribution in [0.25, 0.3) is 0 Å². The molecular weight excluding hydrogens is 387 g/mol. The molecule has 0 atom stereocenters. The van der Waals surface area contributed by atoms with E-state index in [9.17, 15) is 61.3 Å². The fraction of sp³-hybridized carbons (Fsp3) is 1.00. The Hall–Kier alpha value is -0.900. The van der Waals surface area contributed by atoms with Crippen molar-refractivity contribution in [1.29, 1.82) is 0 Å². The average molecular weight is 395 g/mol. The van der Waals surface area contributed by atoms with E-state index in [-0.39, 0.29) is 6.15 Å². The minimum absolute atomic E-state index is 0. The van der Waals surface area contributed by atoms with E-state index in [0.717, 1.165) is 0 Å². The number of hydrogen-bond acceptors (Lipinski definition) is 3. The molecule has 0 heterocycles. The summed E-state index contributed by atoms with van der Waals surface area (Å²) in [5, 5.41) is -7.18. The van der Waals surface area contributed by atoms with Gasteiger partial charge in [-0.2, -0.15) is 48.3 Å². The Labute approximate surface area is 121 Å². The minimum Gasteiger partial charge on any atom is -0.743 e. The lowest BCUT2D eigenvalue weighted by Crippen LogP contribution is -2.64. The molecule has 4 N–H and O–H groups in total. The van der Waals surface area contributed by atoms with Gasteiger partial charge in [0.1, 0.15) is 0 Å². The number of quaternary nitrogens is 1. The summed E-state index contributed by atoms with van der Waals surface area (Å²) in [4.78, 5) is 0. The molecule has 0 aromatic rings. The fourth-order valence-corrected chi connectivity index (χ4v) is 1.47. The zero-order chi connectivity index (χ0) is 18.4. The molecule has 0 aromatic heterocycles. The molecule has 0 saturated heterocycles. The standard InChI is InChI=1S/C7H5F11O3S.H3N/c8-3(9,1-2-4(10,11)12)5(13,14)6(15,16)7(17,18)22(19,20)21;/h1-2H2,(H,19,20,21);1H3. The van der Waals surface area contributed by atoms with Gasteiger partial charge in [-0.05, 0) is 0 Å². The summed E-state index contributed by atoms with van der Waals surface area (Å²) >= 11 is 0. The van der Waals surface area contributed by atoms with Gasteiger partial charge in [0.05, 0.1) is 0 Å².